The average molecular weight is 257 g/mol. The molecule has 5 nitrogen and oxygen atoms in total. The predicted molar refractivity (Wildman–Crippen MR) is 67.1 cm³/mol. The average Bonchev–Trinajstić information content (AvgIpc) is 2.43. The highest BCUT2D eigenvalue weighted by Crippen LogP contribution is 2.31. The molecule has 0 heterocycles. The van der Waals surface area contributed by atoms with Crippen LogP contribution in [0.2, 0.25) is 0 Å². The van der Waals surface area contributed by atoms with E-state index in [2.05, 4.69) is 14.8 Å². The van der Waals surface area contributed by atoms with Gasteiger partial charge in [-0.15, -0.1) is 0 Å². The highest BCUT2D eigenvalue weighted by Gasteiger charge is 2.22. The lowest BCUT2D eigenvalue weighted by atomic mass is 9.80. The summed E-state index contributed by atoms with van der Waals surface area (Å²) in [5.74, 6) is 1.04. The number of carbonyl (C=O) groups excluding carboxylic acids is 2. The molecule has 0 atom stereocenters. The second-order valence-electron chi connectivity index (χ2n) is 4.87. The highest BCUT2D eigenvalue weighted by atomic mass is 16.5. The summed E-state index contributed by atoms with van der Waals surface area (Å²) in [5, 5.41) is 2.74. The van der Waals surface area contributed by atoms with E-state index in [1.54, 1.807) is 0 Å². The van der Waals surface area contributed by atoms with E-state index in [4.69, 9.17) is 0 Å². The summed E-state index contributed by atoms with van der Waals surface area (Å²) in [4.78, 5) is 22.0. The van der Waals surface area contributed by atoms with Crippen LogP contribution in [0.4, 0.5) is 4.79 Å². The zero-order valence-electron chi connectivity index (χ0n) is 11.2. The quantitative estimate of drug-likeness (QED) is 0.766. The number of amides is 1. The van der Waals surface area contributed by atoms with Gasteiger partial charge in [0.05, 0.1) is 14.2 Å². The molecule has 104 valence electrons. The Balaban J connectivity index is 2.12. The third-order valence-electron chi connectivity index (χ3n) is 3.67. The van der Waals surface area contributed by atoms with E-state index in [1.807, 2.05) is 0 Å². The minimum Gasteiger partial charge on any atom is -0.469 e. The fourth-order valence-corrected chi connectivity index (χ4v) is 2.45. The molecule has 0 aliphatic heterocycles. The molecule has 0 bridgehead atoms. The Morgan fingerprint density at radius 1 is 1.06 bits per heavy atom. The van der Waals surface area contributed by atoms with E-state index in [9.17, 15) is 9.59 Å². The summed E-state index contributed by atoms with van der Waals surface area (Å²) in [5.41, 5.74) is 0. The maximum absolute atomic E-state index is 11.0. The van der Waals surface area contributed by atoms with Crippen LogP contribution in [-0.2, 0) is 14.3 Å². The molecule has 0 aromatic carbocycles. The summed E-state index contributed by atoms with van der Waals surface area (Å²) >= 11 is 0. The Morgan fingerprint density at radius 3 is 2.22 bits per heavy atom. The Morgan fingerprint density at radius 2 is 1.67 bits per heavy atom. The van der Waals surface area contributed by atoms with Gasteiger partial charge in [-0.05, 0) is 31.1 Å². The first-order valence-corrected chi connectivity index (χ1v) is 6.54. The van der Waals surface area contributed by atoms with Crippen LogP contribution >= 0.6 is 0 Å². The van der Waals surface area contributed by atoms with Crippen molar-refractivity contribution >= 4 is 12.1 Å². The maximum atomic E-state index is 11.0. The fraction of sp³-hybridized carbons (Fsp3) is 0.846. The predicted octanol–water partition coefficient (Wildman–Crippen LogP) is 2.10. The monoisotopic (exact) mass is 257 g/mol. The molecule has 18 heavy (non-hydrogen) atoms. The number of ether oxygens (including phenoxy) is 2. The second kappa shape index (κ2) is 7.95. The number of methoxy groups -OCH3 is 2. The largest absolute Gasteiger partial charge is 0.469 e. The highest BCUT2D eigenvalue weighted by molar-refractivity contribution is 5.69. The lowest BCUT2D eigenvalue weighted by Gasteiger charge is -2.28. The minimum absolute atomic E-state index is 0.121. The number of hydrogen-bond acceptors (Lipinski definition) is 4. The van der Waals surface area contributed by atoms with Crippen LogP contribution in [-0.4, -0.2) is 32.8 Å². The van der Waals surface area contributed by atoms with Gasteiger partial charge < -0.3 is 14.8 Å². The molecule has 0 unspecified atom stereocenters. The van der Waals surface area contributed by atoms with Gasteiger partial charge in [-0.2, -0.15) is 0 Å². The summed E-state index contributed by atoms with van der Waals surface area (Å²) in [6.07, 6.45) is 5.55. The van der Waals surface area contributed by atoms with Crippen LogP contribution in [0, 0.1) is 11.8 Å². The Kier molecular flexibility index (Phi) is 6.54. The molecular weight excluding hydrogens is 234 g/mol. The van der Waals surface area contributed by atoms with Gasteiger partial charge in [0.15, 0.2) is 0 Å². The second-order valence-corrected chi connectivity index (χ2v) is 4.87. The smallest absolute Gasteiger partial charge is 0.406 e. The maximum Gasteiger partial charge on any atom is 0.406 e. The van der Waals surface area contributed by atoms with E-state index in [-0.39, 0.29) is 12.1 Å². The first-order chi connectivity index (χ1) is 8.65. The van der Waals surface area contributed by atoms with E-state index >= 15 is 0 Å². The Bertz CT molecular complexity index is 244. The minimum atomic E-state index is -0.359. The molecule has 1 fully saturated rings. The van der Waals surface area contributed by atoms with Crippen molar-refractivity contribution in [1.29, 1.82) is 0 Å². The zero-order chi connectivity index (χ0) is 13.4. The molecule has 1 aliphatic rings. The van der Waals surface area contributed by atoms with Crippen molar-refractivity contribution in [2.75, 3.05) is 20.8 Å². The normalized spacial score (nSPS) is 23.2. The Hall–Kier alpha value is -1.26. The van der Waals surface area contributed by atoms with Crippen LogP contribution < -0.4 is 5.32 Å². The van der Waals surface area contributed by atoms with E-state index < -0.39 is 0 Å². The van der Waals surface area contributed by atoms with E-state index in [0.717, 1.165) is 32.1 Å². The van der Waals surface area contributed by atoms with Crippen molar-refractivity contribution in [1.82, 2.24) is 5.32 Å². The lowest BCUT2D eigenvalue weighted by molar-refractivity contribution is -0.141. The van der Waals surface area contributed by atoms with Gasteiger partial charge in [-0.3, -0.25) is 4.79 Å². The van der Waals surface area contributed by atoms with Crippen molar-refractivity contribution in [2.45, 2.75) is 38.5 Å². The first kappa shape index (κ1) is 14.8. The first-order valence-electron chi connectivity index (χ1n) is 6.54. The van der Waals surface area contributed by atoms with Crippen molar-refractivity contribution in [2.24, 2.45) is 11.8 Å². The molecule has 0 aromatic heterocycles. The molecule has 1 aliphatic carbocycles. The third kappa shape index (κ3) is 5.38. The van der Waals surface area contributed by atoms with Crippen molar-refractivity contribution in [3.05, 3.63) is 0 Å². The van der Waals surface area contributed by atoms with Crippen molar-refractivity contribution in [3.8, 4) is 0 Å². The number of hydrogen-bond donors (Lipinski definition) is 1. The molecule has 5 heteroatoms. The van der Waals surface area contributed by atoms with Crippen molar-refractivity contribution in [3.63, 3.8) is 0 Å². The van der Waals surface area contributed by atoms with E-state index in [0.29, 0.717) is 24.8 Å². The number of nitrogens with one attached hydrogen (secondary N) is 1. The molecule has 0 saturated heterocycles. The van der Waals surface area contributed by atoms with Crippen LogP contribution in [0.15, 0.2) is 0 Å². The number of carbonyl (C=O) groups is 2. The van der Waals surface area contributed by atoms with Gasteiger partial charge in [-0.25, -0.2) is 4.79 Å². The van der Waals surface area contributed by atoms with Crippen LogP contribution in [0.5, 0.6) is 0 Å². The van der Waals surface area contributed by atoms with Gasteiger partial charge in [0.2, 0.25) is 0 Å². The SMILES string of the molecule is COC(=O)CCC1CCC(CNC(=O)OC)CC1. The number of rotatable bonds is 5. The van der Waals surface area contributed by atoms with Crippen LogP contribution in [0.1, 0.15) is 38.5 Å². The molecule has 1 saturated carbocycles. The molecule has 0 radical (unpaired) electrons. The number of esters is 1. The lowest BCUT2D eigenvalue weighted by Crippen LogP contribution is -2.31. The topological polar surface area (TPSA) is 64.6 Å². The van der Waals surface area contributed by atoms with Gasteiger partial charge in [0, 0.05) is 13.0 Å². The van der Waals surface area contributed by atoms with Gasteiger partial charge >= 0.3 is 12.1 Å². The van der Waals surface area contributed by atoms with Gasteiger partial charge in [0.25, 0.3) is 0 Å². The van der Waals surface area contributed by atoms with Crippen molar-refractivity contribution < 1.29 is 19.1 Å². The molecular formula is C13H23NO4. The standard InChI is InChI=1S/C13H23NO4/c1-17-12(15)8-7-10-3-5-11(6-4-10)9-14-13(16)18-2/h10-11H,3-9H2,1-2H3,(H,14,16). The molecule has 1 N–H and O–H groups in total. The molecule has 0 aromatic rings. The zero-order valence-corrected chi connectivity index (χ0v) is 11.2. The summed E-state index contributed by atoms with van der Waals surface area (Å²) in [6.45, 7) is 0.691. The third-order valence-corrected chi connectivity index (χ3v) is 3.67. The van der Waals surface area contributed by atoms with Crippen LogP contribution in [0.25, 0.3) is 0 Å². The summed E-state index contributed by atoms with van der Waals surface area (Å²) in [7, 11) is 2.80. The van der Waals surface area contributed by atoms with Gasteiger partial charge in [-0.1, -0.05) is 12.8 Å². The Labute approximate surface area is 108 Å². The summed E-state index contributed by atoms with van der Waals surface area (Å²) < 4.78 is 9.18. The molecule has 0 spiro atoms. The molecule has 1 amide bonds. The van der Waals surface area contributed by atoms with Crippen LogP contribution in [0.3, 0.4) is 0 Å². The summed E-state index contributed by atoms with van der Waals surface area (Å²) in [6, 6.07) is 0. The fourth-order valence-electron chi connectivity index (χ4n) is 2.45. The molecule has 1 rings (SSSR count). The van der Waals surface area contributed by atoms with E-state index in [1.165, 1.54) is 14.2 Å². The number of alkyl carbamates (subject to hydrolysis) is 1. The van der Waals surface area contributed by atoms with Gasteiger partial charge in [0.1, 0.15) is 0 Å².